The summed E-state index contributed by atoms with van der Waals surface area (Å²) in [5.74, 6) is 1.61. The number of hydrogen-bond donors (Lipinski definition) is 0. The normalized spacial score (nSPS) is 11.5. The van der Waals surface area contributed by atoms with Gasteiger partial charge in [0.15, 0.2) is 10.8 Å². The van der Waals surface area contributed by atoms with Gasteiger partial charge < -0.3 is 4.74 Å². The third-order valence-electron chi connectivity index (χ3n) is 2.92. The lowest BCUT2D eigenvalue weighted by molar-refractivity contribution is 0.164. The van der Waals surface area contributed by atoms with Gasteiger partial charge in [-0.3, -0.25) is 0 Å². The number of para-hydroxylation sites is 1. The van der Waals surface area contributed by atoms with E-state index in [1.165, 1.54) is 0 Å². The number of ether oxygens (including phenoxy) is 1. The molecular weight excluding hydrogens is 272 g/mol. The minimum absolute atomic E-state index is 0.713. The van der Waals surface area contributed by atoms with Crippen molar-refractivity contribution >= 4 is 28.3 Å². The third kappa shape index (κ3) is 2.48. The maximum absolute atomic E-state index is 5.37. The average Bonchev–Trinajstić information content (AvgIpc) is 2.85. The molecule has 0 saturated heterocycles. The fraction of sp³-hybridized carbons (Fsp3) is 0.357. The molecule has 20 heavy (non-hydrogen) atoms. The van der Waals surface area contributed by atoms with Gasteiger partial charge in [-0.05, 0) is 26.0 Å². The highest BCUT2D eigenvalue weighted by Crippen LogP contribution is 2.23. The van der Waals surface area contributed by atoms with Crippen LogP contribution in [0.3, 0.4) is 0 Å². The second-order valence-electron chi connectivity index (χ2n) is 4.35. The molecule has 0 spiro atoms. The maximum atomic E-state index is 5.37. The summed E-state index contributed by atoms with van der Waals surface area (Å²) in [6.45, 7) is 5.35. The van der Waals surface area contributed by atoms with E-state index in [0.29, 0.717) is 6.61 Å². The first-order valence-electron chi connectivity index (χ1n) is 6.62. The largest absolute Gasteiger partial charge is 0.381 e. The first-order valence-corrected chi connectivity index (χ1v) is 7.61. The molecule has 6 heteroatoms. The van der Waals surface area contributed by atoms with E-state index in [1.807, 2.05) is 42.6 Å². The molecule has 0 fully saturated rings. The predicted molar refractivity (Wildman–Crippen MR) is 80.2 cm³/mol. The highest BCUT2D eigenvalue weighted by Gasteiger charge is 2.11. The quantitative estimate of drug-likeness (QED) is 0.410. The second-order valence-corrected chi connectivity index (χ2v) is 5.41. The molecule has 3 aromatic rings. The molecule has 0 saturated carbocycles. The molecule has 0 aliphatic rings. The topological polar surface area (TPSA) is 52.3 Å². The summed E-state index contributed by atoms with van der Waals surface area (Å²) in [7, 11) is 0. The Labute approximate surface area is 121 Å². The lowest BCUT2D eigenvalue weighted by Gasteiger charge is -2.06. The summed E-state index contributed by atoms with van der Waals surface area (Å²) < 4.78 is 7.19. The molecule has 1 aromatic carbocycles. The summed E-state index contributed by atoms with van der Waals surface area (Å²) in [5, 5.41) is 6.33. The van der Waals surface area contributed by atoms with Gasteiger partial charge in [0.05, 0.1) is 12.1 Å². The third-order valence-corrected chi connectivity index (χ3v) is 3.81. The van der Waals surface area contributed by atoms with Crippen LogP contribution in [-0.4, -0.2) is 38.5 Å². The minimum atomic E-state index is 0.713. The average molecular weight is 288 g/mol. The molecule has 0 N–H and O–H groups in total. The molecule has 0 aliphatic carbocycles. The molecule has 0 amide bonds. The molecule has 2 aromatic heterocycles. The van der Waals surface area contributed by atoms with Gasteiger partial charge in [0.1, 0.15) is 5.82 Å². The number of aromatic nitrogens is 4. The van der Waals surface area contributed by atoms with E-state index in [4.69, 9.17) is 4.74 Å². The van der Waals surface area contributed by atoms with Crippen molar-refractivity contribution in [2.75, 3.05) is 19.0 Å². The fourth-order valence-corrected chi connectivity index (χ4v) is 2.86. The number of rotatable bonds is 5. The number of nitrogens with zero attached hydrogens (tertiary/aromatic N) is 4. The van der Waals surface area contributed by atoms with Crippen LogP contribution >= 0.6 is 11.8 Å². The van der Waals surface area contributed by atoms with Crippen LogP contribution < -0.4 is 0 Å². The summed E-state index contributed by atoms with van der Waals surface area (Å²) in [6, 6.07) is 8.02. The van der Waals surface area contributed by atoms with Gasteiger partial charge >= 0.3 is 0 Å². The van der Waals surface area contributed by atoms with Crippen LogP contribution in [0.2, 0.25) is 0 Å². The molecule has 0 unspecified atom stereocenters. The summed E-state index contributed by atoms with van der Waals surface area (Å²) in [5.41, 5.74) is 1.82. The van der Waals surface area contributed by atoms with Gasteiger partial charge in [-0.15, -0.1) is 5.10 Å². The summed E-state index contributed by atoms with van der Waals surface area (Å²) >= 11 is 1.64. The lowest BCUT2D eigenvalue weighted by Crippen LogP contribution is -2.01. The molecule has 104 valence electrons. The Kier molecular flexibility index (Phi) is 3.84. The number of benzene rings is 1. The van der Waals surface area contributed by atoms with E-state index in [0.717, 1.165) is 39.9 Å². The van der Waals surface area contributed by atoms with Crippen molar-refractivity contribution in [1.29, 1.82) is 0 Å². The Hall–Kier alpha value is -1.66. The molecule has 0 radical (unpaired) electrons. The van der Waals surface area contributed by atoms with Crippen molar-refractivity contribution in [1.82, 2.24) is 19.6 Å². The Morgan fingerprint density at radius 1 is 1.25 bits per heavy atom. The Bertz CT molecular complexity index is 740. The summed E-state index contributed by atoms with van der Waals surface area (Å²) in [6.07, 6.45) is 0. The molecule has 0 atom stereocenters. The number of thioether (sulfide) groups is 1. The van der Waals surface area contributed by atoms with Crippen molar-refractivity contribution in [2.45, 2.75) is 19.0 Å². The minimum Gasteiger partial charge on any atom is -0.381 e. The van der Waals surface area contributed by atoms with E-state index in [-0.39, 0.29) is 0 Å². The van der Waals surface area contributed by atoms with Crippen molar-refractivity contribution < 1.29 is 4.74 Å². The van der Waals surface area contributed by atoms with Crippen LogP contribution in [0.25, 0.3) is 16.6 Å². The molecule has 0 bridgehead atoms. The first-order chi connectivity index (χ1) is 9.79. The van der Waals surface area contributed by atoms with Crippen LogP contribution in [0.1, 0.15) is 12.7 Å². The zero-order valence-electron chi connectivity index (χ0n) is 11.5. The van der Waals surface area contributed by atoms with E-state index < -0.39 is 0 Å². The monoisotopic (exact) mass is 288 g/mol. The Morgan fingerprint density at radius 3 is 2.95 bits per heavy atom. The molecule has 5 nitrogen and oxygen atoms in total. The standard InChI is InChI=1S/C14H16N4OS/c1-3-19-8-9-20-14-16-12-7-5-4-6-11(12)13-15-10(2)17-18(13)14/h4-7H,3,8-9H2,1-2H3. The van der Waals surface area contributed by atoms with Gasteiger partial charge in [-0.25, -0.2) is 9.97 Å². The molecular formula is C14H16N4OS. The number of aryl methyl sites for hydroxylation is 1. The molecule has 0 aliphatic heterocycles. The van der Waals surface area contributed by atoms with Crippen LogP contribution in [-0.2, 0) is 4.74 Å². The van der Waals surface area contributed by atoms with Crippen LogP contribution in [0, 0.1) is 6.92 Å². The number of fused-ring (bicyclic) bond motifs is 3. The molecule has 2 heterocycles. The van der Waals surface area contributed by atoms with E-state index in [9.17, 15) is 0 Å². The first kappa shape index (κ1) is 13.3. The van der Waals surface area contributed by atoms with E-state index in [2.05, 4.69) is 15.1 Å². The Balaban J connectivity index is 2.04. The maximum Gasteiger partial charge on any atom is 0.191 e. The van der Waals surface area contributed by atoms with Gasteiger partial charge in [-0.1, -0.05) is 23.9 Å². The van der Waals surface area contributed by atoms with Crippen LogP contribution in [0.5, 0.6) is 0 Å². The highest BCUT2D eigenvalue weighted by molar-refractivity contribution is 7.99. The molecule has 3 rings (SSSR count). The van der Waals surface area contributed by atoms with Crippen molar-refractivity contribution in [3.05, 3.63) is 30.1 Å². The second kappa shape index (κ2) is 5.76. The zero-order chi connectivity index (χ0) is 13.9. The van der Waals surface area contributed by atoms with E-state index >= 15 is 0 Å². The SMILES string of the molecule is CCOCCSc1nc2ccccc2c2nc(C)nn12. The zero-order valence-corrected chi connectivity index (χ0v) is 12.4. The van der Waals surface area contributed by atoms with Crippen molar-refractivity contribution in [2.24, 2.45) is 0 Å². The Morgan fingerprint density at radius 2 is 2.10 bits per heavy atom. The lowest BCUT2D eigenvalue weighted by atomic mass is 10.2. The fourth-order valence-electron chi connectivity index (χ4n) is 2.06. The predicted octanol–water partition coefficient (Wildman–Crippen LogP) is 2.71. The van der Waals surface area contributed by atoms with E-state index in [1.54, 1.807) is 11.8 Å². The van der Waals surface area contributed by atoms with Gasteiger partial charge in [0.2, 0.25) is 0 Å². The van der Waals surface area contributed by atoms with Gasteiger partial charge in [0, 0.05) is 17.7 Å². The highest BCUT2D eigenvalue weighted by atomic mass is 32.2. The van der Waals surface area contributed by atoms with Crippen LogP contribution in [0.4, 0.5) is 0 Å². The van der Waals surface area contributed by atoms with Crippen molar-refractivity contribution in [3.8, 4) is 0 Å². The van der Waals surface area contributed by atoms with Crippen molar-refractivity contribution in [3.63, 3.8) is 0 Å². The van der Waals surface area contributed by atoms with Gasteiger partial charge in [-0.2, -0.15) is 4.52 Å². The van der Waals surface area contributed by atoms with Gasteiger partial charge in [0.25, 0.3) is 0 Å². The summed E-state index contributed by atoms with van der Waals surface area (Å²) in [4.78, 5) is 9.20. The number of hydrogen-bond acceptors (Lipinski definition) is 5. The smallest absolute Gasteiger partial charge is 0.191 e. The van der Waals surface area contributed by atoms with Crippen LogP contribution in [0.15, 0.2) is 29.4 Å².